The summed E-state index contributed by atoms with van der Waals surface area (Å²) in [4.78, 5) is 11.6. The molecule has 7 heteroatoms. The van der Waals surface area contributed by atoms with E-state index in [1.54, 1.807) is 0 Å². The summed E-state index contributed by atoms with van der Waals surface area (Å²) in [6.07, 6.45) is 1.40. The van der Waals surface area contributed by atoms with Crippen molar-refractivity contribution >= 4 is 27.5 Å². The van der Waals surface area contributed by atoms with Crippen LogP contribution >= 0.6 is 15.9 Å². The highest BCUT2D eigenvalue weighted by molar-refractivity contribution is 9.10. The third kappa shape index (κ3) is 3.10. The quantitative estimate of drug-likeness (QED) is 0.928. The second-order valence-electron chi connectivity index (χ2n) is 3.52. The molecule has 0 atom stereocenters. The Hall–Kier alpha value is -1.76. The van der Waals surface area contributed by atoms with Crippen molar-refractivity contribution in [3.05, 3.63) is 34.6 Å². The van der Waals surface area contributed by atoms with E-state index in [0.717, 1.165) is 15.7 Å². The number of carbonyl (C=O) groups is 1. The van der Waals surface area contributed by atoms with Gasteiger partial charge in [0.1, 0.15) is 12.9 Å². The van der Waals surface area contributed by atoms with Crippen LogP contribution in [0.4, 0.5) is 5.69 Å². The number of benzene rings is 1. The lowest BCUT2D eigenvalue weighted by atomic mass is 10.2. The van der Waals surface area contributed by atoms with Crippen molar-refractivity contribution < 1.29 is 4.79 Å². The van der Waals surface area contributed by atoms with Gasteiger partial charge in [-0.2, -0.15) is 0 Å². The molecule has 0 saturated carbocycles. The highest BCUT2D eigenvalue weighted by Crippen LogP contribution is 2.19. The Labute approximate surface area is 106 Å². The third-order valence-corrected chi connectivity index (χ3v) is 3.03. The Balaban J connectivity index is 2.00. The normalized spacial score (nSPS) is 10.2. The van der Waals surface area contributed by atoms with Gasteiger partial charge in [0.05, 0.1) is 0 Å². The summed E-state index contributed by atoms with van der Waals surface area (Å²) in [6.45, 7) is 2.06. The highest BCUT2D eigenvalue weighted by Gasteiger charge is 2.05. The fraction of sp³-hybridized carbons (Fsp3) is 0.200. The maximum Gasteiger partial charge on any atom is 0.246 e. The van der Waals surface area contributed by atoms with Crippen LogP contribution in [0, 0.1) is 6.92 Å². The minimum absolute atomic E-state index is 0.0993. The molecule has 6 nitrogen and oxygen atoms in total. The molecule has 0 fully saturated rings. The number of hydrogen-bond donors (Lipinski definition) is 1. The minimum Gasteiger partial charge on any atom is -0.324 e. The number of rotatable bonds is 3. The zero-order valence-corrected chi connectivity index (χ0v) is 10.7. The topological polar surface area (TPSA) is 72.7 Å². The van der Waals surface area contributed by atoms with Crippen LogP contribution in [0.2, 0.25) is 0 Å². The number of aryl methyl sites for hydroxylation is 1. The molecule has 0 aliphatic carbocycles. The van der Waals surface area contributed by atoms with Crippen LogP contribution in [0.15, 0.2) is 29.0 Å². The third-order valence-electron chi connectivity index (χ3n) is 2.14. The van der Waals surface area contributed by atoms with E-state index in [1.807, 2.05) is 25.1 Å². The van der Waals surface area contributed by atoms with Gasteiger partial charge in [0, 0.05) is 10.2 Å². The monoisotopic (exact) mass is 295 g/mol. The standard InChI is InChI=1S/C10H10BrN5O/c1-7-4-8(2-3-9(7)11)13-10(17)5-16-6-12-14-15-16/h2-4,6H,5H2,1H3,(H,13,17). The Morgan fingerprint density at radius 3 is 3.00 bits per heavy atom. The number of carbonyl (C=O) groups excluding carboxylic acids is 1. The van der Waals surface area contributed by atoms with Gasteiger partial charge >= 0.3 is 0 Å². The number of halogens is 1. The fourth-order valence-electron chi connectivity index (χ4n) is 1.32. The number of aromatic nitrogens is 4. The van der Waals surface area contributed by atoms with Crippen LogP contribution < -0.4 is 5.32 Å². The molecule has 17 heavy (non-hydrogen) atoms. The number of anilines is 1. The molecule has 88 valence electrons. The van der Waals surface area contributed by atoms with Crippen LogP contribution in [0.25, 0.3) is 0 Å². The Morgan fingerprint density at radius 1 is 1.53 bits per heavy atom. The first-order chi connectivity index (χ1) is 8.15. The summed E-state index contributed by atoms with van der Waals surface area (Å²) in [6, 6.07) is 5.61. The Bertz CT molecular complexity index is 525. The second kappa shape index (κ2) is 5.05. The summed E-state index contributed by atoms with van der Waals surface area (Å²) >= 11 is 3.40. The lowest BCUT2D eigenvalue weighted by molar-refractivity contribution is -0.116. The summed E-state index contributed by atoms with van der Waals surface area (Å²) in [5.41, 5.74) is 1.81. The number of nitrogens with one attached hydrogen (secondary N) is 1. The number of tetrazole rings is 1. The van der Waals surface area contributed by atoms with Gasteiger partial charge in [-0.15, -0.1) is 5.10 Å². The summed E-state index contributed by atoms with van der Waals surface area (Å²) < 4.78 is 2.37. The van der Waals surface area contributed by atoms with Crippen LogP contribution in [0.1, 0.15) is 5.56 Å². The average molecular weight is 296 g/mol. The molecule has 0 bridgehead atoms. The SMILES string of the molecule is Cc1cc(NC(=O)Cn2cnnn2)ccc1Br. The first-order valence-corrected chi connectivity index (χ1v) is 5.71. The number of hydrogen-bond acceptors (Lipinski definition) is 4. The fourth-order valence-corrected chi connectivity index (χ4v) is 1.57. The molecule has 1 heterocycles. The predicted molar refractivity (Wildman–Crippen MR) is 65.3 cm³/mol. The van der Waals surface area contributed by atoms with Crippen molar-refractivity contribution in [3.8, 4) is 0 Å². The van der Waals surface area contributed by atoms with Crippen LogP contribution in [0.3, 0.4) is 0 Å². The summed E-state index contributed by atoms with van der Waals surface area (Å²) in [7, 11) is 0. The van der Waals surface area contributed by atoms with Crippen LogP contribution in [0.5, 0.6) is 0 Å². The number of amides is 1. The molecule has 1 aromatic carbocycles. The molecular formula is C10H10BrN5O. The number of nitrogens with zero attached hydrogens (tertiary/aromatic N) is 4. The van der Waals surface area contributed by atoms with Gasteiger partial charge < -0.3 is 5.32 Å². The van der Waals surface area contributed by atoms with E-state index in [4.69, 9.17) is 0 Å². The molecular weight excluding hydrogens is 286 g/mol. The molecule has 0 saturated heterocycles. The Kier molecular flexibility index (Phi) is 3.48. The van der Waals surface area contributed by atoms with E-state index in [2.05, 4.69) is 36.8 Å². The molecule has 0 radical (unpaired) electrons. The molecule has 0 unspecified atom stereocenters. The van der Waals surface area contributed by atoms with E-state index >= 15 is 0 Å². The smallest absolute Gasteiger partial charge is 0.246 e. The zero-order valence-electron chi connectivity index (χ0n) is 9.09. The summed E-state index contributed by atoms with van der Waals surface area (Å²) in [5.74, 6) is -0.168. The first kappa shape index (κ1) is 11.7. The van der Waals surface area contributed by atoms with Gasteiger partial charge in [0.15, 0.2) is 0 Å². The summed E-state index contributed by atoms with van der Waals surface area (Å²) in [5, 5.41) is 13.3. The highest BCUT2D eigenvalue weighted by atomic mass is 79.9. The maximum absolute atomic E-state index is 11.6. The van der Waals surface area contributed by atoms with Crippen molar-refractivity contribution in [1.82, 2.24) is 20.2 Å². The zero-order chi connectivity index (χ0) is 12.3. The molecule has 2 aromatic rings. The molecule has 2 rings (SSSR count). The van der Waals surface area contributed by atoms with E-state index in [-0.39, 0.29) is 12.5 Å². The lowest BCUT2D eigenvalue weighted by Crippen LogP contribution is -2.19. The van der Waals surface area contributed by atoms with Crippen LogP contribution in [-0.2, 0) is 11.3 Å². The van der Waals surface area contributed by atoms with Gasteiger partial charge in [-0.05, 0) is 41.1 Å². The molecule has 0 aliphatic heterocycles. The molecule has 1 amide bonds. The van der Waals surface area contributed by atoms with E-state index in [9.17, 15) is 4.79 Å². The maximum atomic E-state index is 11.6. The predicted octanol–water partition coefficient (Wildman–Crippen LogP) is 1.38. The van der Waals surface area contributed by atoms with Crippen molar-refractivity contribution in [1.29, 1.82) is 0 Å². The van der Waals surface area contributed by atoms with Crippen molar-refractivity contribution in [2.75, 3.05) is 5.32 Å². The van der Waals surface area contributed by atoms with Gasteiger partial charge in [0.25, 0.3) is 0 Å². The first-order valence-electron chi connectivity index (χ1n) is 4.92. The minimum atomic E-state index is -0.168. The Morgan fingerprint density at radius 2 is 2.35 bits per heavy atom. The second-order valence-corrected chi connectivity index (χ2v) is 4.37. The molecule has 0 spiro atoms. The van der Waals surface area contributed by atoms with Gasteiger partial charge in [-0.3, -0.25) is 4.79 Å². The van der Waals surface area contributed by atoms with Crippen molar-refractivity contribution in [2.45, 2.75) is 13.5 Å². The van der Waals surface area contributed by atoms with Crippen molar-refractivity contribution in [2.24, 2.45) is 0 Å². The lowest BCUT2D eigenvalue weighted by Gasteiger charge is -2.06. The molecule has 0 aliphatic rings. The van der Waals surface area contributed by atoms with Gasteiger partial charge in [-0.1, -0.05) is 15.9 Å². The van der Waals surface area contributed by atoms with Crippen LogP contribution in [-0.4, -0.2) is 26.1 Å². The van der Waals surface area contributed by atoms with Crippen molar-refractivity contribution in [3.63, 3.8) is 0 Å². The largest absolute Gasteiger partial charge is 0.324 e. The van der Waals surface area contributed by atoms with E-state index in [0.29, 0.717) is 0 Å². The van der Waals surface area contributed by atoms with Gasteiger partial charge in [-0.25, -0.2) is 4.68 Å². The molecule has 1 aromatic heterocycles. The average Bonchev–Trinajstić information content (AvgIpc) is 2.76. The van der Waals surface area contributed by atoms with E-state index < -0.39 is 0 Å². The van der Waals surface area contributed by atoms with Gasteiger partial charge in [0.2, 0.25) is 5.91 Å². The van der Waals surface area contributed by atoms with E-state index in [1.165, 1.54) is 11.0 Å². The molecule has 1 N–H and O–H groups in total.